The second-order valence-electron chi connectivity index (χ2n) is 6.97. The highest BCUT2D eigenvalue weighted by molar-refractivity contribution is 8.18. The predicted octanol–water partition coefficient (Wildman–Crippen LogP) is 4.95. The van der Waals surface area contributed by atoms with Gasteiger partial charge in [-0.25, -0.2) is 9.79 Å². The van der Waals surface area contributed by atoms with Gasteiger partial charge in [0.25, 0.3) is 5.91 Å². The molecule has 0 atom stereocenters. The van der Waals surface area contributed by atoms with Crippen LogP contribution >= 0.6 is 11.8 Å². The van der Waals surface area contributed by atoms with Crippen LogP contribution < -0.4 is 4.74 Å². The van der Waals surface area contributed by atoms with Crippen molar-refractivity contribution in [1.29, 1.82) is 0 Å². The molecular weight excluding hydrogens is 424 g/mol. The van der Waals surface area contributed by atoms with Gasteiger partial charge in [-0.05, 0) is 53.2 Å². The van der Waals surface area contributed by atoms with Crippen LogP contribution in [0.15, 0.2) is 94.8 Å². The van der Waals surface area contributed by atoms with Crippen molar-refractivity contribution < 1.29 is 19.4 Å². The Morgan fingerprint density at radius 1 is 0.969 bits per heavy atom. The minimum atomic E-state index is -1.03. The number of amides is 1. The van der Waals surface area contributed by atoms with Crippen molar-refractivity contribution in [1.82, 2.24) is 4.90 Å². The van der Waals surface area contributed by atoms with Crippen LogP contribution in [0.4, 0.5) is 5.69 Å². The van der Waals surface area contributed by atoms with Crippen LogP contribution in [0.25, 0.3) is 6.08 Å². The second-order valence-corrected chi connectivity index (χ2v) is 7.98. The number of carboxylic acids is 1. The first-order valence-electron chi connectivity index (χ1n) is 9.92. The number of ether oxygens (including phenoxy) is 1. The highest BCUT2D eigenvalue weighted by Gasteiger charge is 2.33. The molecule has 0 aromatic heterocycles. The van der Waals surface area contributed by atoms with Gasteiger partial charge in [0.1, 0.15) is 5.75 Å². The van der Waals surface area contributed by atoms with Crippen LogP contribution in [0.5, 0.6) is 5.75 Å². The van der Waals surface area contributed by atoms with Crippen LogP contribution in [0.2, 0.25) is 0 Å². The normalized spacial score (nSPS) is 16.0. The number of benzene rings is 3. The smallest absolute Gasteiger partial charge is 0.341 e. The Bertz CT molecular complexity index is 1160. The minimum absolute atomic E-state index is 0.111. The predicted molar refractivity (Wildman–Crippen MR) is 126 cm³/mol. The molecule has 1 fully saturated rings. The zero-order valence-corrected chi connectivity index (χ0v) is 17.9. The molecule has 0 saturated carbocycles. The molecule has 0 spiro atoms. The molecule has 0 bridgehead atoms. The highest BCUT2D eigenvalue weighted by atomic mass is 32.2. The van der Waals surface area contributed by atoms with Gasteiger partial charge in [-0.1, -0.05) is 60.7 Å². The van der Waals surface area contributed by atoms with Gasteiger partial charge < -0.3 is 9.84 Å². The number of carboxylic acid groups (broad SMARTS) is 1. The molecule has 0 radical (unpaired) electrons. The Balaban J connectivity index is 1.59. The van der Waals surface area contributed by atoms with E-state index in [0.29, 0.717) is 22.4 Å². The summed E-state index contributed by atoms with van der Waals surface area (Å²) in [5, 5.41) is 9.34. The Kier molecular flexibility index (Phi) is 6.67. The summed E-state index contributed by atoms with van der Waals surface area (Å²) >= 11 is 1.33. The van der Waals surface area contributed by atoms with Crippen LogP contribution in [-0.4, -0.2) is 33.7 Å². The van der Waals surface area contributed by atoms with Crippen molar-refractivity contribution in [3.05, 3.63) is 101 Å². The van der Waals surface area contributed by atoms with Gasteiger partial charge in [-0.3, -0.25) is 9.69 Å². The molecule has 0 unspecified atom stereocenters. The number of amidine groups is 1. The minimum Gasteiger partial charge on any atom is -0.482 e. The molecule has 4 rings (SSSR count). The van der Waals surface area contributed by atoms with E-state index in [-0.39, 0.29) is 5.91 Å². The van der Waals surface area contributed by atoms with Crippen LogP contribution in [0.1, 0.15) is 11.1 Å². The summed E-state index contributed by atoms with van der Waals surface area (Å²) in [5.74, 6) is -0.690. The topological polar surface area (TPSA) is 79.2 Å². The molecular formula is C25H20N2O4S. The maximum atomic E-state index is 13.2. The molecule has 7 heteroatoms. The quantitative estimate of drug-likeness (QED) is 0.522. The average Bonchev–Trinajstić information content (AvgIpc) is 3.09. The van der Waals surface area contributed by atoms with Crippen molar-refractivity contribution in [2.24, 2.45) is 4.99 Å². The number of para-hydroxylation sites is 1. The van der Waals surface area contributed by atoms with E-state index in [1.807, 2.05) is 60.7 Å². The fourth-order valence-corrected chi connectivity index (χ4v) is 4.06. The molecule has 1 saturated heterocycles. The van der Waals surface area contributed by atoms with Crippen molar-refractivity contribution in [3.8, 4) is 5.75 Å². The van der Waals surface area contributed by atoms with Crippen LogP contribution in [-0.2, 0) is 16.1 Å². The molecule has 0 aliphatic carbocycles. The number of hydrogen-bond donors (Lipinski definition) is 1. The summed E-state index contributed by atoms with van der Waals surface area (Å²) < 4.78 is 5.16. The molecule has 1 aliphatic rings. The summed E-state index contributed by atoms with van der Waals surface area (Å²) in [7, 11) is 0. The maximum absolute atomic E-state index is 13.2. The SMILES string of the molecule is O=C(O)COc1ccc(/C=C2/SC(=Nc3ccccc3)N(Cc3ccccc3)C2=O)cc1. The largest absolute Gasteiger partial charge is 0.482 e. The molecule has 160 valence electrons. The number of aliphatic carboxylic acids is 1. The summed E-state index contributed by atoms with van der Waals surface area (Å²) in [4.78, 5) is 30.8. The maximum Gasteiger partial charge on any atom is 0.341 e. The summed E-state index contributed by atoms with van der Waals surface area (Å²) in [5.41, 5.74) is 2.61. The van der Waals surface area contributed by atoms with Gasteiger partial charge in [0.2, 0.25) is 0 Å². The number of thioether (sulfide) groups is 1. The van der Waals surface area contributed by atoms with Crippen LogP contribution in [0, 0.1) is 0 Å². The zero-order chi connectivity index (χ0) is 22.3. The molecule has 32 heavy (non-hydrogen) atoms. The first-order chi connectivity index (χ1) is 15.6. The molecule has 1 N–H and O–H groups in total. The molecule has 1 aliphatic heterocycles. The van der Waals surface area contributed by atoms with Gasteiger partial charge in [0.05, 0.1) is 17.1 Å². The third-order valence-electron chi connectivity index (χ3n) is 4.59. The Labute approximate surface area is 189 Å². The Hall–Kier alpha value is -3.84. The second kappa shape index (κ2) is 9.98. The van der Waals surface area contributed by atoms with E-state index in [1.165, 1.54) is 11.8 Å². The number of carbonyl (C=O) groups is 2. The molecule has 3 aromatic carbocycles. The lowest BCUT2D eigenvalue weighted by Crippen LogP contribution is -2.28. The van der Waals surface area contributed by atoms with E-state index >= 15 is 0 Å². The zero-order valence-electron chi connectivity index (χ0n) is 17.0. The van der Waals surface area contributed by atoms with Gasteiger partial charge in [-0.15, -0.1) is 0 Å². The first-order valence-corrected chi connectivity index (χ1v) is 10.7. The number of aliphatic imine (C=N–C) groups is 1. The molecule has 1 heterocycles. The average molecular weight is 445 g/mol. The third-order valence-corrected chi connectivity index (χ3v) is 5.60. The first kappa shape index (κ1) is 21.4. The van der Waals surface area contributed by atoms with Crippen molar-refractivity contribution in [2.75, 3.05) is 6.61 Å². The molecule has 3 aromatic rings. The summed E-state index contributed by atoms with van der Waals surface area (Å²) in [6.45, 7) is 0.0280. The number of carbonyl (C=O) groups excluding carboxylic acids is 1. The van der Waals surface area contributed by atoms with Gasteiger partial charge in [0, 0.05) is 0 Å². The van der Waals surface area contributed by atoms with E-state index in [9.17, 15) is 9.59 Å². The fourth-order valence-electron chi connectivity index (χ4n) is 3.07. The summed E-state index contributed by atoms with van der Waals surface area (Å²) in [6, 6.07) is 26.3. The summed E-state index contributed by atoms with van der Waals surface area (Å²) in [6.07, 6.45) is 1.81. The van der Waals surface area contributed by atoms with E-state index in [4.69, 9.17) is 14.8 Å². The number of rotatable bonds is 7. The molecule has 6 nitrogen and oxygen atoms in total. The fraction of sp³-hybridized carbons (Fsp3) is 0.0800. The molecule has 1 amide bonds. The lowest BCUT2D eigenvalue weighted by Gasteiger charge is -2.15. The van der Waals surface area contributed by atoms with Crippen molar-refractivity contribution in [2.45, 2.75) is 6.54 Å². The van der Waals surface area contributed by atoms with Crippen LogP contribution in [0.3, 0.4) is 0 Å². The highest BCUT2D eigenvalue weighted by Crippen LogP contribution is 2.35. The van der Waals surface area contributed by atoms with Crippen molar-refractivity contribution in [3.63, 3.8) is 0 Å². The van der Waals surface area contributed by atoms with E-state index in [0.717, 1.165) is 16.8 Å². The van der Waals surface area contributed by atoms with Gasteiger partial charge in [0.15, 0.2) is 11.8 Å². The Morgan fingerprint density at radius 2 is 1.62 bits per heavy atom. The monoisotopic (exact) mass is 444 g/mol. The van der Waals surface area contributed by atoms with E-state index in [2.05, 4.69) is 0 Å². The standard InChI is InChI=1S/C25H20N2O4S/c28-23(29)17-31-21-13-11-18(12-14-21)15-22-24(30)27(16-19-7-3-1-4-8-19)25(32-22)26-20-9-5-2-6-10-20/h1-15H,16-17H2,(H,28,29)/b22-15+,26-25?. The lowest BCUT2D eigenvalue weighted by molar-refractivity contribution is -0.139. The van der Waals surface area contributed by atoms with Gasteiger partial charge in [-0.2, -0.15) is 0 Å². The third kappa shape index (κ3) is 5.44. The number of hydrogen-bond acceptors (Lipinski definition) is 5. The van der Waals surface area contributed by atoms with Crippen molar-refractivity contribution >= 4 is 40.6 Å². The van der Waals surface area contributed by atoms with Gasteiger partial charge >= 0.3 is 5.97 Å². The lowest BCUT2D eigenvalue weighted by atomic mass is 10.2. The Morgan fingerprint density at radius 3 is 2.28 bits per heavy atom. The van der Waals surface area contributed by atoms with E-state index in [1.54, 1.807) is 35.2 Å². The van der Waals surface area contributed by atoms with E-state index < -0.39 is 12.6 Å². The number of nitrogens with zero attached hydrogens (tertiary/aromatic N) is 2.